The van der Waals surface area contributed by atoms with E-state index in [1.54, 1.807) is 7.11 Å². The van der Waals surface area contributed by atoms with Crippen LogP contribution in [-0.2, 0) is 4.79 Å². The molecule has 0 aromatic heterocycles. The van der Waals surface area contributed by atoms with Gasteiger partial charge in [-0.25, -0.2) is 0 Å². The second-order valence-corrected chi connectivity index (χ2v) is 5.88. The number of nitrogens with zero attached hydrogens (tertiary/aromatic N) is 1. The summed E-state index contributed by atoms with van der Waals surface area (Å²) in [5, 5.41) is 10.6. The summed E-state index contributed by atoms with van der Waals surface area (Å²) in [6, 6.07) is 7.90. The second-order valence-electron chi connectivity index (χ2n) is 5.88. The Bertz CT molecular complexity index is 499. The Morgan fingerprint density at radius 3 is 2.65 bits per heavy atom. The summed E-state index contributed by atoms with van der Waals surface area (Å²) in [6.07, 6.45) is 1.92. The van der Waals surface area contributed by atoms with Gasteiger partial charge in [0.05, 0.1) is 19.1 Å². The topological polar surface area (TPSA) is 49.8 Å². The first-order valence-electron chi connectivity index (χ1n) is 7.18. The molecule has 1 N–H and O–H groups in total. The van der Waals surface area contributed by atoms with Gasteiger partial charge in [0.25, 0.3) is 0 Å². The Morgan fingerprint density at radius 1 is 1.30 bits per heavy atom. The van der Waals surface area contributed by atoms with E-state index in [4.69, 9.17) is 4.74 Å². The van der Waals surface area contributed by atoms with Crippen LogP contribution in [0.5, 0.6) is 5.75 Å². The minimum atomic E-state index is -0.722. The molecule has 0 aliphatic carbocycles. The van der Waals surface area contributed by atoms with Gasteiger partial charge in [-0.3, -0.25) is 9.69 Å². The SMILES string of the molecule is COc1ccc([C@@H](O)[C@H]2C(=O)C[C@@H]3CC[C@H]2N3C)cc1. The second kappa shape index (κ2) is 5.19. The third-order valence-electron chi connectivity index (χ3n) is 4.92. The zero-order valence-electron chi connectivity index (χ0n) is 12.0. The smallest absolute Gasteiger partial charge is 0.142 e. The molecule has 2 heterocycles. The molecule has 20 heavy (non-hydrogen) atoms. The number of hydrogen-bond acceptors (Lipinski definition) is 4. The monoisotopic (exact) mass is 275 g/mol. The Labute approximate surface area is 119 Å². The van der Waals surface area contributed by atoms with E-state index < -0.39 is 6.10 Å². The van der Waals surface area contributed by atoms with Gasteiger partial charge >= 0.3 is 0 Å². The van der Waals surface area contributed by atoms with Gasteiger partial charge in [0.2, 0.25) is 0 Å². The van der Waals surface area contributed by atoms with E-state index in [-0.39, 0.29) is 17.7 Å². The largest absolute Gasteiger partial charge is 0.497 e. The van der Waals surface area contributed by atoms with Crippen LogP contribution in [-0.4, -0.2) is 42.0 Å². The summed E-state index contributed by atoms with van der Waals surface area (Å²) >= 11 is 0. The molecule has 4 atom stereocenters. The number of Topliss-reactive ketones (excluding diaryl/α,β-unsaturated/α-hetero) is 1. The number of benzene rings is 1. The fraction of sp³-hybridized carbons (Fsp3) is 0.562. The van der Waals surface area contributed by atoms with E-state index in [9.17, 15) is 9.90 Å². The zero-order valence-corrected chi connectivity index (χ0v) is 12.0. The van der Waals surface area contributed by atoms with Crippen LogP contribution in [0.1, 0.15) is 30.9 Å². The molecule has 108 valence electrons. The van der Waals surface area contributed by atoms with Crippen molar-refractivity contribution in [2.45, 2.75) is 37.5 Å². The molecule has 2 aliphatic heterocycles. The first-order chi connectivity index (χ1) is 9.61. The Hall–Kier alpha value is -1.39. The highest BCUT2D eigenvalue weighted by Gasteiger charge is 2.47. The number of fused-ring (bicyclic) bond motifs is 2. The van der Waals surface area contributed by atoms with Gasteiger partial charge < -0.3 is 9.84 Å². The van der Waals surface area contributed by atoms with Gasteiger partial charge in [0, 0.05) is 18.5 Å². The standard InChI is InChI=1S/C16H21NO3/c1-17-11-5-8-13(17)15(14(18)9-11)16(19)10-3-6-12(20-2)7-4-10/h3-4,6-7,11,13,15-16,19H,5,8-9H2,1-2H3/t11-,13+,15+,16+/m0/s1. The van der Waals surface area contributed by atoms with E-state index in [0.29, 0.717) is 12.5 Å². The summed E-state index contributed by atoms with van der Waals surface area (Å²) in [5.74, 6) is 0.667. The number of ketones is 1. The van der Waals surface area contributed by atoms with E-state index in [0.717, 1.165) is 24.2 Å². The predicted octanol–water partition coefficient (Wildman–Crippen LogP) is 1.78. The van der Waals surface area contributed by atoms with Crippen LogP contribution < -0.4 is 4.74 Å². The molecule has 4 heteroatoms. The first-order valence-corrected chi connectivity index (χ1v) is 7.18. The molecule has 2 aliphatic rings. The highest BCUT2D eigenvalue weighted by atomic mass is 16.5. The highest BCUT2D eigenvalue weighted by molar-refractivity contribution is 5.84. The molecule has 0 radical (unpaired) electrons. The molecule has 2 saturated heterocycles. The molecule has 0 saturated carbocycles. The predicted molar refractivity (Wildman–Crippen MR) is 75.6 cm³/mol. The number of rotatable bonds is 3. The van der Waals surface area contributed by atoms with Crippen LogP contribution in [0.2, 0.25) is 0 Å². The molecule has 4 nitrogen and oxygen atoms in total. The molecule has 0 unspecified atom stereocenters. The summed E-state index contributed by atoms with van der Waals surface area (Å²) in [5.41, 5.74) is 0.794. The quantitative estimate of drug-likeness (QED) is 0.913. The zero-order chi connectivity index (χ0) is 14.3. The van der Waals surface area contributed by atoms with Gasteiger partial charge in [-0.05, 0) is 37.6 Å². The van der Waals surface area contributed by atoms with E-state index in [2.05, 4.69) is 11.9 Å². The number of ether oxygens (including phenoxy) is 1. The summed E-state index contributed by atoms with van der Waals surface area (Å²) in [4.78, 5) is 14.6. The summed E-state index contributed by atoms with van der Waals surface area (Å²) in [6.45, 7) is 0. The van der Waals surface area contributed by atoms with Crippen molar-refractivity contribution in [3.05, 3.63) is 29.8 Å². The molecular formula is C16H21NO3. The fourth-order valence-corrected chi connectivity index (χ4v) is 3.70. The van der Waals surface area contributed by atoms with Crippen LogP contribution >= 0.6 is 0 Å². The van der Waals surface area contributed by atoms with Gasteiger partial charge in [-0.1, -0.05) is 12.1 Å². The van der Waals surface area contributed by atoms with Gasteiger partial charge in [0.15, 0.2) is 0 Å². The maximum Gasteiger partial charge on any atom is 0.142 e. The van der Waals surface area contributed by atoms with Crippen molar-refractivity contribution in [2.24, 2.45) is 5.92 Å². The number of carbonyl (C=O) groups excluding carboxylic acids is 1. The normalized spacial score (nSPS) is 31.4. The van der Waals surface area contributed by atoms with Crippen molar-refractivity contribution in [1.29, 1.82) is 0 Å². The van der Waals surface area contributed by atoms with Crippen molar-refractivity contribution in [3.8, 4) is 5.75 Å². The lowest BCUT2D eigenvalue weighted by molar-refractivity contribution is -0.134. The number of piperidine rings is 1. The molecule has 2 fully saturated rings. The molecule has 0 spiro atoms. The number of aliphatic hydroxyl groups is 1. The third-order valence-corrected chi connectivity index (χ3v) is 4.92. The molecule has 1 aromatic carbocycles. The van der Waals surface area contributed by atoms with Crippen molar-refractivity contribution in [1.82, 2.24) is 4.90 Å². The number of methoxy groups -OCH3 is 1. The van der Waals surface area contributed by atoms with E-state index in [1.807, 2.05) is 24.3 Å². The van der Waals surface area contributed by atoms with Crippen molar-refractivity contribution in [3.63, 3.8) is 0 Å². The lowest BCUT2D eigenvalue weighted by atomic mass is 9.82. The average molecular weight is 275 g/mol. The lowest BCUT2D eigenvalue weighted by Crippen LogP contribution is -2.49. The minimum Gasteiger partial charge on any atom is -0.497 e. The molecular weight excluding hydrogens is 254 g/mol. The van der Waals surface area contributed by atoms with E-state index in [1.165, 1.54) is 0 Å². The Morgan fingerprint density at radius 2 is 2.00 bits per heavy atom. The maximum atomic E-state index is 12.3. The minimum absolute atomic E-state index is 0.179. The van der Waals surface area contributed by atoms with Crippen molar-refractivity contribution < 1.29 is 14.6 Å². The summed E-state index contributed by atoms with van der Waals surface area (Å²) in [7, 11) is 3.69. The van der Waals surface area contributed by atoms with Crippen molar-refractivity contribution in [2.75, 3.05) is 14.2 Å². The van der Waals surface area contributed by atoms with E-state index >= 15 is 0 Å². The van der Waals surface area contributed by atoms with Crippen LogP contribution in [0.15, 0.2) is 24.3 Å². The lowest BCUT2D eigenvalue weighted by Gasteiger charge is -2.38. The number of aliphatic hydroxyl groups excluding tert-OH is 1. The molecule has 0 amide bonds. The average Bonchev–Trinajstić information content (AvgIpc) is 2.71. The number of carbonyl (C=O) groups is 1. The number of hydrogen-bond donors (Lipinski definition) is 1. The Balaban J connectivity index is 1.84. The third kappa shape index (κ3) is 2.13. The highest BCUT2D eigenvalue weighted by Crippen LogP contribution is 2.41. The Kier molecular flexibility index (Phi) is 3.52. The van der Waals surface area contributed by atoms with Gasteiger partial charge in [-0.15, -0.1) is 0 Å². The van der Waals surface area contributed by atoms with Crippen LogP contribution in [0.3, 0.4) is 0 Å². The van der Waals surface area contributed by atoms with Crippen LogP contribution in [0.4, 0.5) is 0 Å². The molecule has 2 bridgehead atoms. The maximum absolute atomic E-state index is 12.3. The molecule has 3 rings (SSSR count). The fourth-order valence-electron chi connectivity index (χ4n) is 3.70. The first kappa shape index (κ1) is 13.6. The van der Waals surface area contributed by atoms with Gasteiger partial charge in [0.1, 0.15) is 11.5 Å². The van der Waals surface area contributed by atoms with Gasteiger partial charge in [-0.2, -0.15) is 0 Å². The van der Waals surface area contributed by atoms with Crippen LogP contribution in [0.25, 0.3) is 0 Å². The van der Waals surface area contributed by atoms with Crippen LogP contribution in [0, 0.1) is 5.92 Å². The summed E-state index contributed by atoms with van der Waals surface area (Å²) < 4.78 is 5.12. The van der Waals surface area contributed by atoms with Crippen molar-refractivity contribution >= 4 is 5.78 Å². The molecule has 1 aromatic rings.